The highest BCUT2D eigenvalue weighted by Gasteiger charge is 2.14. The van der Waals surface area contributed by atoms with Crippen LogP contribution in [0.2, 0.25) is 0 Å². The van der Waals surface area contributed by atoms with Gasteiger partial charge in [-0.15, -0.1) is 0 Å². The maximum atomic E-state index is 3.59. The molecule has 1 N–H and O–H groups in total. The van der Waals surface area contributed by atoms with Gasteiger partial charge in [0.25, 0.3) is 0 Å². The second kappa shape index (κ2) is 6.23. The van der Waals surface area contributed by atoms with E-state index in [0.29, 0.717) is 6.04 Å². The van der Waals surface area contributed by atoms with Crippen LogP contribution in [0.15, 0.2) is 46.9 Å². The summed E-state index contributed by atoms with van der Waals surface area (Å²) in [5.41, 5.74) is 5.33. The number of nitrogens with one attached hydrogen (secondary N) is 1. The summed E-state index contributed by atoms with van der Waals surface area (Å²) in [6, 6.07) is 15.6. The summed E-state index contributed by atoms with van der Waals surface area (Å²) in [7, 11) is 0. The third kappa shape index (κ3) is 4.10. The van der Waals surface area contributed by atoms with Crippen LogP contribution in [0, 0.1) is 6.92 Å². The van der Waals surface area contributed by atoms with Gasteiger partial charge in [-0.05, 0) is 54.2 Å². The predicted molar refractivity (Wildman–Crippen MR) is 96.1 cm³/mol. The first kappa shape index (κ1) is 16.1. The highest BCUT2D eigenvalue weighted by Crippen LogP contribution is 2.27. The van der Waals surface area contributed by atoms with Crippen molar-refractivity contribution in [3.8, 4) is 0 Å². The average molecular weight is 346 g/mol. The van der Waals surface area contributed by atoms with Gasteiger partial charge in [0.15, 0.2) is 0 Å². The van der Waals surface area contributed by atoms with E-state index in [1.165, 1.54) is 22.4 Å². The largest absolute Gasteiger partial charge is 0.378 e. The number of rotatable bonds is 3. The van der Waals surface area contributed by atoms with E-state index in [2.05, 4.69) is 98.3 Å². The molecule has 0 bridgehead atoms. The molecular formula is C19H24BrN. The molecule has 0 radical (unpaired) electrons. The molecule has 21 heavy (non-hydrogen) atoms. The van der Waals surface area contributed by atoms with E-state index >= 15 is 0 Å². The van der Waals surface area contributed by atoms with Crippen molar-refractivity contribution in [2.45, 2.75) is 46.1 Å². The fraction of sp³-hybridized carbons (Fsp3) is 0.368. The Kier molecular flexibility index (Phi) is 4.77. The summed E-state index contributed by atoms with van der Waals surface area (Å²) in [6.45, 7) is 11.1. The predicted octanol–water partition coefficient (Wildman–Crippen LogP) is 6.23. The normalized spacial score (nSPS) is 13.0. The minimum atomic E-state index is 0.206. The van der Waals surface area contributed by atoms with E-state index in [1.807, 2.05) is 0 Å². The summed E-state index contributed by atoms with van der Waals surface area (Å²) in [6.07, 6.45) is 0. The summed E-state index contributed by atoms with van der Waals surface area (Å²) in [5, 5.41) is 3.59. The topological polar surface area (TPSA) is 12.0 Å². The maximum absolute atomic E-state index is 3.59. The van der Waals surface area contributed by atoms with E-state index in [0.717, 1.165) is 4.47 Å². The van der Waals surface area contributed by atoms with Gasteiger partial charge in [0, 0.05) is 16.2 Å². The van der Waals surface area contributed by atoms with Gasteiger partial charge in [-0.3, -0.25) is 0 Å². The van der Waals surface area contributed by atoms with Crippen LogP contribution in [-0.2, 0) is 5.41 Å². The molecule has 1 unspecified atom stereocenters. The molecule has 0 spiro atoms. The van der Waals surface area contributed by atoms with Gasteiger partial charge in [-0.1, -0.05) is 61.0 Å². The van der Waals surface area contributed by atoms with Crippen molar-refractivity contribution < 1.29 is 0 Å². The molecule has 0 saturated carbocycles. The van der Waals surface area contributed by atoms with Crippen LogP contribution in [0.5, 0.6) is 0 Å². The van der Waals surface area contributed by atoms with E-state index in [4.69, 9.17) is 0 Å². The number of hydrogen-bond donors (Lipinski definition) is 1. The van der Waals surface area contributed by atoms with Crippen LogP contribution >= 0.6 is 15.9 Å². The number of hydrogen-bond acceptors (Lipinski definition) is 1. The van der Waals surface area contributed by atoms with Crippen LogP contribution in [0.3, 0.4) is 0 Å². The van der Waals surface area contributed by atoms with Crippen molar-refractivity contribution in [3.05, 3.63) is 63.6 Å². The van der Waals surface area contributed by atoms with Crippen molar-refractivity contribution in [2.24, 2.45) is 0 Å². The van der Waals surface area contributed by atoms with Gasteiger partial charge in [0.05, 0.1) is 0 Å². The van der Waals surface area contributed by atoms with E-state index in [1.54, 1.807) is 0 Å². The third-order valence-corrected chi connectivity index (χ3v) is 4.33. The van der Waals surface area contributed by atoms with Crippen LogP contribution in [0.4, 0.5) is 5.69 Å². The molecule has 0 aliphatic carbocycles. The van der Waals surface area contributed by atoms with Gasteiger partial charge in [-0.25, -0.2) is 0 Å². The number of benzene rings is 2. The Morgan fingerprint density at radius 2 is 1.62 bits per heavy atom. The Hall–Kier alpha value is -1.28. The molecule has 2 aromatic carbocycles. The standard InChI is InChI=1S/C19H24BrN/c1-13-12-17(20)10-11-18(13)21-14(2)15-6-8-16(9-7-15)19(3,4)5/h6-12,14,21H,1-5H3. The first-order valence-electron chi connectivity index (χ1n) is 7.40. The molecule has 0 fully saturated rings. The van der Waals surface area contributed by atoms with Crippen molar-refractivity contribution in [1.29, 1.82) is 0 Å². The molecule has 0 heterocycles. The monoisotopic (exact) mass is 345 g/mol. The highest BCUT2D eigenvalue weighted by atomic mass is 79.9. The molecule has 1 nitrogen and oxygen atoms in total. The second-order valence-electron chi connectivity index (χ2n) is 6.70. The summed E-state index contributed by atoms with van der Waals surface area (Å²) >= 11 is 3.51. The lowest BCUT2D eigenvalue weighted by Crippen LogP contribution is -2.12. The van der Waals surface area contributed by atoms with Crippen molar-refractivity contribution >= 4 is 21.6 Å². The zero-order valence-corrected chi connectivity index (χ0v) is 15.1. The van der Waals surface area contributed by atoms with Crippen molar-refractivity contribution in [1.82, 2.24) is 0 Å². The Labute approximate surface area is 136 Å². The fourth-order valence-electron chi connectivity index (χ4n) is 2.38. The zero-order chi connectivity index (χ0) is 15.6. The maximum Gasteiger partial charge on any atom is 0.0485 e. The molecule has 2 heteroatoms. The molecule has 0 aliphatic heterocycles. The molecule has 2 rings (SSSR count). The summed E-state index contributed by atoms with van der Waals surface area (Å²) in [4.78, 5) is 0. The molecule has 112 valence electrons. The second-order valence-corrected chi connectivity index (χ2v) is 7.61. The third-order valence-electron chi connectivity index (χ3n) is 3.84. The van der Waals surface area contributed by atoms with Crippen LogP contribution in [0.25, 0.3) is 0 Å². The summed E-state index contributed by atoms with van der Waals surface area (Å²) < 4.78 is 1.12. The number of aryl methyl sites for hydroxylation is 1. The van der Waals surface area contributed by atoms with Crippen LogP contribution in [-0.4, -0.2) is 0 Å². The Bertz CT molecular complexity index is 608. The molecular weight excluding hydrogens is 322 g/mol. The number of anilines is 1. The first-order valence-corrected chi connectivity index (χ1v) is 8.20. The molecule has 0 aliphatic rings. The molecule has 2 aromatic rings. The molecule has 0 amide bonds. The van der Waals surface area contributed by atoms with E-state index < -0.39 is 0 Å². The minimum Gasteiger partial charge on any atom is -0.378 e. The van der Waals surface area contributed by atoms with Gasteiger partial charge in [0.2, 0.25) is 0 Å². The van der Waals surface area contributed by atoms with Gasteiger partial charge in [0.1, 0.15) is 0 Å². The Morgan fingerprint density at radius 1 is 1.00 bits per heavy atom. The Balaban J connectivity index is 2.15. The van der Waals surface area contributed by atoms with Gasteiger partial charge < -0.3 is 5.32 Å². The lowest BCUT2D eigenvalue weighted by Gasteiger charge is -2.21. The SMILES string of the molecule is Cc1cc(Br)ccc1NC(C)c1ccc(C(C)(C)C)cc1. The Morgan fingerprint density at radius 3 is 2.14 bits per heavy atom. The molecule has 0 saturated heterocycles. The van der Waals surface area contributed by atoms with Gasteiger partial charge >= 0.3 is 0 Å². The first-order chi connectivity index (χ1) is 9.77. The highest BCUT2D eigenvalue weighted by molar-refractivity contribution is 9.10. The minimum absolute atomic E-state index is 0.206. The summed E-state index contributed by atoms with van der Waals surface area (Å²) in [5.74, 6) is 0. The fourth-order valence-corrected chi connectivity index (χ4v) is 2.85. The zero-order valence-electron chi connectivity index (χ0n) is 13.5. The van der Waals surface area contributed by atoms with E-state index in [9.17, 15) is 0 Å². The lowest BCUT2D eigenvalue weighted by molar-refractivity contribution is 0.589. The molecule has 1 atom stereocenters. The van der Waals surface area contributed by atoms with Crippen molar-refractivity contribution in [2.75, 3.05) is 5.32 Å². The smallest absolute Gasteiger partial charge is 0.0485 e. The van der Waals surface area contributed by atoms with Crippen molar-refractivity contribution in [3.63, 3.8) is 0 Å². The lowest BCUT2D eigenvalue weighted by atomic mass is 9.86. The average Bonchev–Trinajstić information content (AvgIpc) is 2.41. The van der Waals surface area contributed by atoms with Gasteiger partial charge in [-0.2, -0.15) is 0 Å². The molecule has 0 aromatic heterocycles. The van der Waals surface area contributed by atoms with E-state index in [-0.39, 0.29) is 5.41 Å². The van der Waals surface area contributed by atoms with Crippen LogP contribution < -0.4 is 5.32 Å². The van der Waals surface area contributed by atoms with Crippen LogP contribution in [0.1, 0.15) is 50.4 Å². The quantitative estimate of drug-likeness (QED) is 0.695. The number of halogens is 1.